The number of aromatic nitrogens is 2. The number of rotatable bonds is 10. The number of halogens is 2. The minimum absolute atomic E-state index is 0.0545. The normalized spacial score (nSPS) is 11.3. The summed E-state index contributed by atoms with van der Waals surface area (Å²) in [5, 5.41) is 7.52. The van der Waals surface area contributed by atoms with Gasteiger partial charge in [-0.25, -0.2) is 9.37 Å². The maximum Gasteiger partial charge on any atom is 0.282 e. The van der Waals surface area contributed by atoms with Gasteiger partial charge in [-0.05, 0) is 88.4 Å². The molecule has 5 aromatic rings. The van der Waals surface area contributed by atoms with Crippen LogP contribution in [0.4, 0.5) is 10.1 Å². The number of ether oxygens (including phenoxy) is 3. The highest BCUT2D eigenvalue weighted by molar-refractivity contribution is 9.10. The maximum absolute atomic E-state index is 13.9. The predicted octanol–water partition coefficient (Wildman–Crippen LogP) is 7.31. The molecule has 9 nitrogen and oxygen atoms in total. The Labute approximate surface area is 273 Å². The molecule has 0 unspecified atom stereocenters. The van der Waals surface area contributed by atoms with Gasteiger partial charge in [0.05, 0.1) is 37.0 Å². The number of methoxy groups -OCH3 is 2. The van der Waals surface area contributed by atoms with Gasteiger partial charge in [-0.15, -0.1) is 0 Å². The molecule has 0 aliphatic carbocycles. The largest absolute Gasteiger partial charge is 0.496 e. The van der Waals surface area contributed by atoms with Crippen LogP contribution in [0.5, 0.6) is 17.2 Å². The monoisotopic (exact) mass is 686 g/mol. The number of aryl methyl sites for hydroxylation is 1. The van der Waals surface area contributed by atoms with Gasteiger partial charge in [-0.3, -0.25) is 9.59 Å². The maximum atomic E-state index is 13.9. The number of hydrogen-bond acceptors (Lipinski definition) is 7. The van der Waals surface area contributed by atoms with Gasteiger partial charge in [-0.1, -0.05) is 38.1 Å². The molecule has 11 heteroatoms. The summed E-state index contributed by atoms with van der Waals surface area (Å²) in [7, 11) is 3.10. The van der Waals surface area contributed by atoms with E-state index in [2.05, 4.69) is 40.2 Å². The first-order chi connectivity index (χ1) is 22.1. The van der Waals surface area contributed by atoms with Crippen LogP contribution in [-0.2, 0) is 4.79 Å². The summed E-state index contributed by atoms with van der Waals surface area (Å²) in [6, 6.07) is 20.2. The van der Waals surface area contributed by atoms with E-state index < -0.39 is 11.7 Å². The van der Waals surface area contributed by atoms with Gasteiger partial charge in [0, 0.05) is 15.6 Å². The SMILES string of the molecule is COc1cc(C=Nn2c(-c3cc(C(C)C)c(OC)cc3C)nc3ccccc3c2=O)c(Br)cc1OCC(=O)Nc1ccccc1F. The van der Waals surface area contributed by atoms with Crippen molar-refractivity contribution in [1.29, 1.82) is 0 Å². The molecule has 0 saturated carbocycles. The number of para-hydroxylation sites is 2. The Hall–Kier alpha value is -5.03. The van der Waals surface area contributed by atoms with Crippen molar-refractivity contribution in [3.05, 3.63) is 110 Å². The van der Waals surface area contributed by atoms with Crippen molar-refractivity contribution >= 4 is 44.6 Å². The highest BCUT2D eigenvalue weighted by atomic mass is 79.9. The Balaban J connectivity index is 1.51. The topological polar surface area (TPSA) is 104 Å². The van der Waals surface area contributed by atoms with Gasteiger partial charge in [0.2, 0.25) is 0 Å². The van der Waals surface area contributed by atoms with Crippen molar-refractivity contribution in [3.8, 4) is 28.6 Å². The fraction of sp³-hybridized carbons (Fsp3) is 0.200. The number of anilines is 1. The Bertz CT molecular complexity index is 2030. The van der Waals surface area contributed by atoms with Crippen molar-refractivity contribution in [3.63, 3.8) is 0 Å². The van der Waals surface area contributed by atoms with Crippen molar-refractivity contribution in [2.24, 2.45) is 5.10 Å². The summed E-state index contributed by atoms with van der Waals surface area (Å²) in [4.78, 5) is 31.1. The molecule has 236 valence electrons. The van der Waals surface area contributed by atoms with Crippen LogP contribution in [0.1, 0.15) is 36.5 Å². The fourth-order valence-corrected chi connectivity index (χ4v) is 5.33. The molecule has 0 aliphatic heterocycles. The van der Waals surface area contributed by atoms with E-state index in [9.17, 15) is 14.0 Å². The quantitative estimate of drug-likeness (QED) is 0.155. The number of benzene rings is 4. The summed E-state index contributed by atoms with van der Waals surface area (Å²) in [6.45, 7) is 5.70. The molecular weight excluding hydrogens is 655 g/mol. The van der Waals surface area contributed by atoms with Crippen LogP contribution in [0.25, 0.3) is 22.3 Å². The van der Waals surface area contributed by atoms with Gasteiger partial charge < -0.3 is 19.5 Å². The van der Waals surface area contributed by atoms with Crippen molar-refractivity contribution in [2.45, 2.75) is 26.7 Å². The van der Waals surface area contributed by atoms with Crippen LogP contribution in [0.2, 0.25) is 0 Å². The standard InChI is InChI=1S/C35H32BrFN4O5/c1-20(2)24-16-25(21(3)14-30(24)44-4)34-40-28-12-8-6-10-23(28)35(43)41(34)38-18-22-15-31(45-5)32(17-26(22)36)46-19-33(42)39-29-13-9-7-11-27(29)37/h6-18,20H,19H2,1-5H3,(H,39,42). The van der Waals surface area contributed by atoms with Crippen LogP contribution in [0.3, 0.4) is 0 Å². The lowest BCUT2D eigenvalue weighted by molar-refractivity contribution is -0.118. The zero-order valence-electron chi connectivity index (χ0n) is 25.9. The third-order valence-corrected chi connectivity index (χ3v) is 7.98. The lowest BCUT2D eigenvalue weighted by Crippen LogP contribution is -2.21. The Morgan fingerprint density at radius 3 is 2.46 bits per heavy atom. The van der Waals surface area contributed by atoms with E-state index in [1.807, 2.05) is 25.1 Å². The summed E-state index contributed by atoms with van der Waals surface area (Å²) in [6.07, 6.45) is 1.52. The Morgan fingerprint density at radius 2 is 1.74 bits per heavy atom. The van der Waals surface area contributed by atoms with E-state index in [0.717, 1.165) is 22.4 Å². The molecule has 0 radical (unpaired) electrons. The molecule has 0 spiro atoms. The average Bonchev–Trinajstić information content (AvgIpc) is 3.04. The lowest BCUT2D eigenvalue weighted by Gasteiger charge is -2.17. The Kier molecular flexibility index (Phi) is 9.81. The third kappa shape index (κ3) is 6.79. The van der Waals surface area contributed by atoms with Crippen LogP contribution >= 0.6 is 15.9 Å². The van der Waals surface area contributed by atoms with Gasteiger partial charge in [0.15, 0.2) is 23.9 Å². The zero-order chi connectivity index (χ0) is 33.0. The van der Waals surface area contributed by atoms with E-state index in [1.165, 1.54) is 36.2 Å². The molecule has 1 N–H and O–H groups in total. The smallest absolute Gasteiger partial charge is 0.282 e. The van der Waals surface area contributed by atoms with Gasteiger partial charge in [0.25, 0.3) is 11.5 Å². The first kappa shape index (κ1) is 32.4. The van der Waals surface area contributed by atoms with Gasteiger partial charge in [-0.2, -0.15) is 9.78 Å². The first-order valence-electron chi connectivity index (χ1n) is 14.4. The van der Waals surface area contributed by atoms with E-state index in [0.29, 0.717) is 32.5 Å². The molecule has 0 fully saturated rings. The van der Waals surface area contributed by atoms with E-state index in [4.69, 9.17) is 19.2 Å². The molecule has 4 aromatic carbocycles. The summed E-state index contributed by atoms with van der Waals surface area (Å²) >= 11 is 3.54. The van der Waals surface area contributed by atoms with Crippen LogP contribution in [0.15, 0.2) is 87.2 Å². The second-order valence-electron chi connectivity index (χ2n) is 10.7. The van der Waals surface area contributed by atoms with Crippen molar-refractivity contribution < 1.29 is 23.4 Å². The summed E-state index contributed by atoms with van der Waals surface area (Å²) < 4.78 is 32.6. The molecule has 46 heavy (non-hydrogen) atoms. The van der Waals surface area contributed by atoms with Crippen LogP contribution < -0.4 is 25.1 Å². The number of nitrogens with zero attached hydrogens (tertiary/aromatic N) is 3. The van der Waals surface area contributed by atoms with E-state index in [1.54, 1.807) is 43.5 Å². The predicted molar refractivity (Wildman–Crippen MR) is 181 cm³/mol. The fourth-order valence-electron chi connectivity index (χ4n) is 4.91. The molecule has 0 saturated heterocycles. The lowest BCUT2D eigenvalue weighted by atomic mass is 9.96. The molecule has 5 rings (SSSR count). The number of fused-ring (bicyclic) bond motifs is 1. The van der Waals surface area contributed by atoms with Crippen molar-refractivity contribution in [2.75, 3.05) is 26.1 Å². The summed E-state index contributed by atoms with van der Waals surface area (Å²) in [5.74, 6) is 0.803. The third-order valence-electron chi connectivity index (χ3n) is 7.30. The minimum Gasteiger partial charge on any atom is -0.496 e. The molecular formula is C35H32BrFN4O5. The molecule has 0 atom stereocenters. The van der Waals surface area contributed by atoms with E-state index >= 15 is 0 Å². The molecule has 1 amide bonds. The number of hydrogen-bond donors (Lipinski definition) is 1. The zero-order valence-corrected chi connectivity index (χ0v) is 27.5. The van der Waals surface area contributed by atoms with E-state index in [-0.39, 0.29) is 29.5 Å². The molecule has 0 bridgehead atoms. The van der Waals surface area contributed by atoms with Crippen LogP contribution in [-0.4, -0.2) is 42.6 Å². The minimum atomic E-state index is -0.550. The molecule has 0 aliphatic rings. The van der Waals surface area contributed by atoms with Gasteiger partial charge >= 0.3 is 0 Å². The second kappa shape index (κ2) is 13.9. The highest BCUT2D eigenvalue weighted by Gasteiger charge is 2.19. The average molecular weight is 688 g/mol. The van der Waals surface area contributed by atoms with Gasteiger partial charge in [0.1, 0.15) is 11.6 Å². The van der Waals surface area contributed by atoms with Crippen molar-refractivity contribution in [1.82, 2.24) is 9.66 Å². The second-order valence-corrected chi connectivity index (χ2v) is 11.6. The summed E-state index contributed by atoms with van der Waals surface area (Å²) in [5.41, 5.74) is 3.45. The highest BCUT2D eigenvalue weighted by Crippen LogP contribution is 2.35. The Morgan fingerprint density at radius 1 is 1.02 bits per heavy atom. The first-order valence-corrected chi connectivity index (χ1v) is 15.2. The number of carbonyl (C=O) groups excluding carboxylic acids is 1. The number of carbonyl (C=O) groups is 1. The number of amides is 1. The van der Waals surface area contributed by atoms with Crippen LogP contribution in [0, 0.1) is 12.7 Å². The molecule has 1 aromatic heterocycles. The number of nitrogens with one attached hydrogen (secondary N) is 1. The molecule has 1 heterocycles.